The summed E-state index contributed by atoms with van der Waals surface area (Å²) in [5.74, 6) is -1.94. The summed E-state index contributed by atoms with van der Waals surface area (Å²) >= 11 is 0. The molecule has 2 N–H and O–H groups in total. The summed E-state index contributed by atoms with van der Waals surface area (Å²) in [6.45, 7) is 0. The minimum atomic E-state index is -1.10. The molecule has 2 heterocycles. The van der Waals surface area contributed by atoms with Gasteiger partial charge in [-0.1, -0.05) is 12.8 Å². The number of carboxylic acid groups (broad SMARTS) is 1. The molecule has 0 bridgehead atoms. The highest BCUT2D eigenvalue weighted by Gasteiger charge is 2.50. The van der Waals surface area contributed by atoms with E-state index in [4.69, 9.17) is 5.11 Å². The average Bonchev–Trinajstić information content (AvgIpc) is 2.80. The van der Waals surface area contributed by atoms with Crippen molar-refractivity contribution in [3.8, 4) is 0 Å². The second kappa shape index (κ2) is 5.01. The van der Waals surface area contributed by atoms with Crippen LogP contribution in [0.15, 0.2) is 11.5 Å². The van der Waals surface area contributed by atoms with Gasteiger partial charge in [0.05, 0.1) is 29.7 Å². The number of amides is 1. The van der Waals surface area contributed by atoms with Crippen LogP contribution in [0.2, 0.25) is 0 Å². The van der Waals surface area contributed by atoms with Gasteiger partial charge in [-0.25, -0.2) is 0 Å². The summed E-state index contributed by atoms with van der Waals surface area (Å²) in [4.78, 5) is 35.7. The van der Waals surface area contributed by atoms with Crippen LogP contribution >= 0.6 is 0 Å². The highest BCUT2D eigenvalue weighted by Crippen LogP contribution is 2.39. The van der Waals surface area contributed by atoms with E-state index in [-0.39, 0.29) is 36.5 Å². The number of hydrogen-bond donors (Lipinski definition) is 2. The Kier molecular flexibility index (Phi) is 3.30. The summed E-state index contributed by atoms with van der Waals surface area (Å²) in [6.07, 6.45) is 3.23. The molecule has 114 valence electrons. The smallest absolute Gasteiger partial charge is 0.304 e. The average molecular weight is 295 g/mol. The van der Waals surface area contributed by atoms with Crippen molar-refractivity contribution in [2.45, 2.75) is 50.6 Å². The van der Waals surface area contributed by atoms with E-state index in [1.165, 1.54) is 4.90 Å². The van der Waals surface area contributed by atoms with Gasteiger partial charge in [0.1, 0.15) is 0 Å². The number of carbonyl (C=O) groups excluding carboxylic acids is 1. The number of nitrogens with zero attached hydrogens (tertiary/aromatic N) is 2. The fourth-order valence-electron chi connectivity index (χ4n) is 3.64. The van der Waals surface area contributed by atoms with Crippen LogP contribution in [-0.4, -0.2) is 38.9 Å². The number of fused-ring (bicyclic) bond motifs is 3. The molecule has 3 aliphatic rings. The largest absolute Gasteiger partial charge is 0.481 e. The van der Waals surface area contributed by atoms with E-state index in [0.717, 1.165) is 25.7 Å². The summed E-state index contributed by atoms with van der Waals surface area (Å²) < 4.78 is 0. The summed E-state index contributed by atoms with van der Waals surface area (Å²) in [5, 5.41) is 23.3. The van der Waals surface area contributed by atoms with Crippen molar-refractivity contribution in [2.24, 2.45) is 5.92 Å². The zero-order valence-corrected chi connectivity index (χ0v) is 11.4. The molecule has 0 aromatic carbocycles. The van der Waals surface area contributed by atoms with Gasteiger partial charge < -0.3 is 10.4 Å². The number of hydrogen-bond acceptors (Lipinski definition) is 5. The fraction of sp³-hybridized carbons (Fsp3) is 0.692. The summed E-state index contributed by atoms with van der Waals surface area (Å²) in [6, 6.07) is -0.0241. The van der Waals surface area contributed by atoms with E-state index in [9.17, 15) is 19.7 Å². The molecule has 0 aromatic heterocycles. The molecule has 2 fully saturated rings. The number of aliphatic carboxylic acids is 1. The van der Waals surface area contributed by atoms with Gasteiger partial charge in [-0.15, -0.1) is 0 Å². The Morgan fingerprint density at radius 2 is 2.14 bits per heavy atom. The molecule has 0 aromatic rings. The molecule has 1 saturated carbocycles. The van der Waals surface area contributed by atoms with Crippen LogP contribution in [0.5, 0.6) is 0 Å². The van der Waals surface area contributed by atoms with Crippen LogP contribution in [0.4, 0.5) is 0 Å². The van der Waals surface area contributed by atoms with E-state index in [2.05, 4.69) is 5.32 Å². The third-order valence-electron chi connectivity index (χ3n) is 4.57. The van der Waals surface area contributed by atoms with Gasteiger partial charge in [0.25, 0.3) is 5.70 Å². The molecule has 1 saturated heterocycles. The number of rotatable bonds is 3. The van der Waals surface area contributed by atoms with E-state index in [1.54, 1.807) is 0 Å². The van der Waals surface area contributed by atoms with Crippen molar-refractivity contribution in [2.75, 3.05) is 0 Å². The number of carbonyl (C=O) groups is 2. The quantitative estimate of drug-likeness (QED) is 0.584. The van der Waals surface area contributed by atoms with Crippen molar-refractivity contribution >= 4 is 11.9 Å². The molecular weight excluding hydrogens is 278 g/mol. The molecule has 1 amide bonds. The lowest BCUT2D eigenvalue weighted by molar-refractivity contribution is -0.432. The van der Waals surface area contributed by atoms with Gasteiger partial charge in [-0.3, -0.25) is 24.6 Å². The first kappa shape index (κ1) is 13.8. The maximum absolute atomic E-state index is 12.5. The Hall–Kier alpha value is -2.12. The van der Waals surface area contributed by atoms with Crippen LogP contribution in [0, 0.1) is 16.0 Å². The molecule has 0 radical (unpaired) electrons. The lowest BCUT2D eigenvalue weighted by Gasteiger charge is -2.33. The van der Waals surface area contributed by atoms with Crippen molar-refractivity contribution < 1.29 is 19.6 Å². The Bertz CT molecular complexity index is 544. The third-order valence-corrected chi connectivity index (χ3v) is 4.57. The zero-order chi connectivity index (χ0) is 15.1. The molecule has 3 unspecified atom stereocenters. The Labute approximate surface area is 120 Å². The number of carboxylic acids is 1. The maximum Gasteiger partial charge on any atom is 0.304 e. The topological polar surface area (TPSA) is 113 Å². The van der Waals surface area contributed by atoms with E-state index in [1.807, 2.05) is 0 Å². The van der Waals surface area contributed by atoms with Crippen LogP contribution in [0.3, 0.4) is 0 Å². The lowest BCUT2D eigenvalue weighted by atomic mass is 9.89. The maximum atomic E-state index is 12.5. The molecule has 0 spiro atoms. The van der Waals surface area contributed by atoms with Gasteiger partial charge in [0.2, 0.25) is 5.91 Å². The van der Waals surface area contributed by atoms with Crippen molar-refractivity contribution in [3.63, 3.8) is 0 Å². The van der Waals surface area contributed by atoms with Gasteiger partial charge >= 0.3 is 5.97 Å². The number of nitrogens with one attached hydrogen (secondary N) is 1. The lowest BCUT2D eigenvalue weighted by Crippen LogP contribution is -2.46. The first-order valence-corrected chi connectivity index (χ1v) is 7.18. The minimum Gasteiger partial charge on any atom is -0.481 e. The molecule has 8 nitrogen and oxygen atoms in total. The van der Waals surface area contributed by atoms with Gasteiger partial charge in [0.15, 0.2) is 5.82 Å². The SMILES string of the molecule is O=C(O)CC1CC([N+](=O)[O-])=C2NC3CCCCC3N2C1=O. The summed E-state index contributed by atoms with van der Waals surface area (Å²) in [5.41, 5.74) is -0.0600. The second-order valence-electron chi connectivity index (χ2n) is 5.86. The zero-order valence-electron chi connectivity index (χ0n) is 11.4. The van der Waals surface area contributed by atoms with Crippen LogP contribution in [0.25, 0.3) is 0 Å². The van der Waals surface area contributed by atoms with Gasteiger partial charge in [-0.05, 0) is 12.8 Å². The van der Waals surface area contributed by atoms with Crippen molar-refractivity contribution in [1.82, 2.24) is 10.2 Å². The first-order valence-electron chi connectivity index (χ1n) is 7.18. The molecule has 8 heteroatoms. The second-order valence-corrected chi connectivity index (χ2v) is 5.86. The Morgan fingerprint density at radius 3 is 2.81 bits per heavy atom. The molecule has 3 rings (SSSR count). The van der Waals surface area contributed by atoms with Crippen LogP contribution in [0.1, 0.15) is 38.5 Å². The Morgan fingerprint density at radius 1 is 1.43 bits per heavy atom. The predicted octanol–water partition coefficient (Wildman–Crippen LogP) is 0.670. The highest BCUT2D eigenvalue weighted by atomic mass is 16.6. The minimum absolute atomic E-state index is 0.0521. The van der Waals surface area contributed by atoms with Crippen LogP contribution < -0.4 is 5.32 Å². The number of allylic oxidation sites excluding steroid dienone is 1. The predicted molar refractivity (Wildman–Crippen MR) is 70.4 cm³/mol. The van der Waals surface area contributed by atoms with Crippen molar-refractivity contribution in [3.05, 3.63) is 21.6 Å². The van der Waals surface area contributed by atoms with Crippen molar-refractivity contribution in [1.29, 1.82) is 0 Å². The fourth-order valence-corrected chi connectivity index (χ4v) is 3.64. The van der Waals surface area contributed by atoms with Crippen LogP contribution in [-0.2, 0) is 9.59 Å². The third kappa shape index (κ3) is 2.24. The van der Waals surface area contributed by atoms with E-state index < -0.39 is 16.8 Å². The molecular formula is C13H17N3O5. The molecule has 1 aliphatic carbocycles. The molecule has 2 aliphatic heterocycles. The van der Waals surface area contributed by atoms with E-state index in [0.29, 0.717) is 5.82 Å². The van der Waals surface area contributed by atoms with Gasteiger partial charge in [0, 0.05) is 6.04 Å². The summed E-state index contributed by atoms with van der Waals surface area (Å²) in [7, 11) is 0. The van der Waals surface area contributed by atoms with Gasteiger partial charge in [-0.2, -0.15) is 0 Å². The molecule has 21 heavy (non-hydrogen) atoms. The van der Waals surface area contributed by atoms with E-state index >= 15 is 0 Å². The monoisotopic (exact) mass is 295 g/mol. The number of nitro groups is 1. The first-order chi connectivity index (χ1) is 9.99. The highest BCUT2D eigenvalue weighted by molar-refractivity contribution is 5.86. The Balaban J connectivity index is 1.98. The normalized spacial score (nSPS) is 31.5. The standard InChI is InChI=1S/C13H17N3O5/c17-11(18)6-7-5-10(16(20)21)12-14-8-3-1-2-4-9(8)15(12)13(7)19/h7-9,14H,1-6H2,(H,17,18). The molecule has 3 atom stereocenters.